The summed E-state index contributed by atoms with van der Waals surface area (Å²) in [6, 6.07) is 14.9. The largest absolute Gasteiger partial charge is 0.507 e. The van der Waals surface area contributed by atoms with E-state index in [0.29, 0.717) is 5.69 Å². The Labute approximate surface area is 94.8 Å². The summed E-state index contributed by atoms with van der Waals surface area (Å²) in [6.07, 6.45) is 0. The Hall–Kier alpha value is -1.67. The molecule has 0 atom stereocenters. The van der Waals surface area contributed by atoms with Gasteiger partial charge in [-0.2, -0.15) is 0 Å². The zero-order chi connectivity index (χ0) is 9.97. The molecule has 0 unspecified atom stereocenters. The van der Waals surface area contributed by atoms with Crippen LogP contribution >= 0.6 is 12.4 Å². The monoisotopic (exact) mass is 221 g/mol. The number of benzene rings is 2. The maximum atomic E-state index is 9.66. The molecule has 0 bridgehead atoms. The SMILES string of the molecule is Cl.Nc1ccc(-c2ccccc2)c(O)c1. The Balaban J connectivity index is 0.00000112. The number of aromatic hydroxyl groups is 1. The van der Waals surface area contributed by atoms with Gasteiger partial charge >= 0.3 is 0 Å². The van der Waals surface area contributed by atoms with Crippen LogP contribution in [0.15, 0.2) is 48.5 Å². The lowest BCUT2D eigenvalue weighted by Crippen LogP contribution is -1.85. The number of rotatable bonds is 1. The van der Waals surface area contributed by atoms with Crippen LogP contribution < -0.4 is 5.73 Å². The van der Waals surface area contributed by atoms with E-state index >= 15 is 0 Å². The van der Waals surface area contributed by atoms with E-state index in [2.05, 4.69) is 0 Å². The Morgan fingerprint density at radius 1 is 0.933 bits per heavy atom. The summed E-state index contributed by atoms with van der Waals surface area (Å²) in [6.45, 7) is 0. The van der Waals surface area contributed by atoms with Crippen molar-refractivity contribution in [2.75, 3.05) is 5.73 Å². The molecule has 0 heterocycles. The lowest BCUT2D eigenvalue weighted by molar-refractivity contribution is 0.477. The molecule has 2 aromatic carbocycles. The fourth-order valence-electron chi connectivity index (χ4n) is 1.41. The van der Waals surface area contributed by atoms with E-state index in [4.69, 9.17) is 5.73 Å². The van der Waals surface area contributed by atoms with E-state index in [9.17, 15) is 5.11 Å². The fourth-order valence-corrected chi connectivity index (χ4v) is 1.41. The van der Waals surface area contributed by atoms with Crippen molar-refractivity contribution in [3.05, 3.63) is 48.5 Å². The van der Waals surface area contributed by atoms with Crippen molar-refractivity contribution >= 4 is 18.1 Å². The average molecular weight is 222 g/mol. The molecule has 0 saturated carbocycles. The molecule has 0 spiro atoms. The summed E-state index contributed by atoms with van der Waals surface area (Å²) in [7, 11) is 0. The molecule has 2 rings (SSSR count). The Morgan fingerprint density at radius 3 is 2.20 bits per heavy atom. The van der Waals surface area contributed by atoms with Crippen molar-refractivity contribution < 1.29 is 5.11 Å². The first kappa shape index (κ1) is 11.4. The number of nitrogens with two attached hydrogens (primary N) is 1. The quantitative estimate of drug-likeness (QED) is 0.727. The van der Waals surface area contributed by atoms with Crippen molar-refractivity contribution in [1.82, 2.24) is 0 Å². The third-order valence-corrected chi connectivity index (χ3v) is 2.11. The van der Waals surface area contributed by atoms with Gasteiger partial charge in [0.1, 0.15) is 5.75 Å². The molecule has 0 saturated heterocycles. The van der Waals surface area contributed by atoms with E-state index in [0.717, 1.165) is 11.1 Å². The third-order valence-electron chi connectivity index (χ3n) is 2.11. The van der Waals surface area contributed by atoms with Crippen LogP contribution in [0.2, 0.25) is 0 Å². The van der Waals surface area contributed by atoms with E-state index in [1.807, 2.05) is 36.4 Å². The van der Waals surface area contributed by atoms with E-state index in [1.165, 1.54) is 0 Å². The van der Waals surface area contributed by atoms with Crippen LogP contribution in [0.1, 0.15) is 0 Å². The molecule has 0 aromatic heterocycles. The normalized spacial score (nSPS) is 9.33. The molecule has 0 aliphatic carbocycles. The highest BCUT2D eigenvalue weighted by Crippen LogP contribution is 2.30. The van der Waals surface area contributed by atoms with Gasteiger partial charge in [-0.25, -0.2) is 0 Å². The van der Waals surface area contributed by atoms with Crippen molar-refractivity contribution in [1.29, 1.82) is 0 Å². The standard InChI is InChI=1S/C12H11NO.ClH/c13-10-6-7-11(12(14)8-10)9-4-2-1-3-5-9;/h1-8,14H,13H2;1H. The van der Waals surface area contributed by atoms with E-state index in [1.54, 1.807) is 12.1 Å². The van der Waals surface area contributed by atoms with Gasteiger partial charge in [0, 0.05) is 17.3 Å². The van der Waals surface area contributed by atoms with Gasteiger partial charge in [0.05, 0.1) is 0 Å². The summed E-state index contributed by atoms with van der Waals surface area (Å²) in [5, 5.41) is 9.66. The number of phenolic OH excluding ortho intramolecular Hbond substituents is 1. The summed E-state index contributed by atoms with van der Waals surface area (Å²) in [4.78, 5) is 0. The molecule has 3 heteroatoms. The van der Waals surface area contributed by atoms with Gasteiger partial charge in [0.2, 0.25) is 0 Å². The van der Waals surface area contributed by atoms with Gasteiger partial charge in [-0.05, 0) is 17.7 Å². The number of nitrogen functional groups attached to an aromatic ring is 1. The molecule has 0 aliphatic rings. The van der Waals surface area contributed by atoms with E-state index < -0.39 is 0 Å². The van der Waals surface area contributed by atoms with E-state index in [-0.39, 0.29) is 18.2 Å². The van der Waals surface area contributed by atoms with Gasteiger partial charge in [0.15, 0.2) is 0 Å². The van der Waals surface area contributed by atoms with Crippen LogP contribution in [-0.4, -0.2) is 5.11 Å². The number of hydrogen-bond acceptors (Lipinski definition) is 2. The van der Waals surface area contributed by atoms with Crippen LogP contribution in [0, 0.1) is 0 Å². The molecule has 15 heavy (non-hydrogen) atoms. The number of hydrogen-bond donors (Lipinski definition) is 2. The minimum absolute atomic E-state index is 0. The topological polar surface area (TPSA) is 46.2 Å². The minimum atomic E-state index is 0. The Bertz CT molecular complexity index is 443. The van der Waals surface area contributed by atoms with Crippen molar-refractivity contribution in [2.24, 2.45) is 0 Å². The molecule has 0 fully saturated rings. The fraction of sp³-hybridized carbons (Fsp3) is 0. The summed E-state index contributed by atoms with van der Waals surface area (Å²) >= 11 is 0. The predicted octanol–water partition coefficient (Wildman–Crippen LogP) is 3.06. The van der Waals surface area contributed by atoms with Gasteiger partial charge in [0.25, 0.3) is 0 Å². The lowest BCUT2D eigenvalue weighted by Gasteiger charge is -2.04. The Morgan fingerprint density at radius 2 is 1.60 bits per heavy atom. The van der Waals surface area contributed by atoms with Crippen molar-refractivity contribution in [2.45, 2.75) is 0 Å². The summed E-state index contributed by atoms with van der Waals surface area (Å²) in [5.41, 5.74) is 7.91. The predicted molar refractivity (Wildman–Crippen MR) is 65.2 cm³/mol. The molecule has 0 radical (unpaired) electrons. The van der Waals surface area contributed by atoms with Crippen LogP contribution in [0.5, 0.6) is 5.75 Å². The van der Waals surface area contributed by atoms with Crippen LogP contribution in [-0.2, 0) is 0 Å². The van der Waals surface area contributed by atoms with Crippen LogP contribution in [0.3, 0.4) is 0 Å². The zero-order valence-electron chi connectivity index (χ0n) is 8.05. The van der Waals surface area contributed by atoms with Crippen LogP contribution in [0.4, 0.5) is 5.69 Å². The van der Waals surface area contributed by atoms with Gasteiger partial charge < -0.3 is 10.8 Å². The smallest absolute Gasteiger partial charge is 0.125 e. The highest BCUT2D eigenvalue weighted by molar-refractivity contribution is 5.85. The summed E-state index contributed by atoms with van der Waals surface area (Å²) in [5.74, 6) is 0.219. The van der Waals surface area contributed by atoms with Crippen molar-refractivity contribution in [3.63, 3.8) is 0 Å². The molecule has 78 valence electrons. The lowest BCUT2D eigenvalue weighted by atomic mass is 10.0. The molecule has 3 N–H and O–H groups in total. The van der Waals surface area contributed by atoms with Gasteiger partial charge in [-0.3, -0.25) is 0 Å². The molecular formula is C12H12ClNO. The molecular weight excluding hydrogens is 210 g/mol. The third kappa shape index (κ3) is 2.42. The number of phenols is 1. The summed E-state index contributed by atoms with van der Waals surface area (Å²) < 4.78 is 0. The average Bonchev–Trinajstić information content (AvgIpc) is 2.19. The molecule has 2 nitrogen and oxygen atoms in total. The number of halogens is 1. The molecule has 0 amide bonds. The van der Waals surface area contributed by atoms with Crippen LogP contribution in [0.25, 0.3) is 11.1 Å². The minimum Gasteiger partial charge on any atom is -0.507 e. The Kier molecular flexibility index (Phi) is 3.58. The second-order valence-corrected chi connectivity index (χ2v) is 3.14. The van der Waals surface area contributed by atoms with Crippen molar-refractivity contribution in [3.8, 4) is 16.9 Å². The maximum Gasteiger partial charge on any atom is 0.125 e. The second-order valence-electron chi connectivity index (χ2n) is 3.14. The second kappa shape index (κ2) is 4.71. The van der Waals surface area contributed by atoms with Gasteiger partial charge in [-0.15, -0.1) is 12.4 Å². The maximum absolute atomic E-state index is 9.66. The molecule has 2 aromatic rings. The number of anilines is 1. The first-order valence-electron chi connectivity index (χ1n) is 4.41. The zero-order valence-corrected chi connectivity index (χ0v) is 8.87. The van der Waals surface area contributed by atoms with Gasteiger partial charge in [-0.1, -0.05) is 30.3 Å². The highest BCUT2D eigenvalue weighted by atomic mass is 35.5. The molecule has 0 aliphatic heterocycles. The first-order valence-corrected chi connectivity index (χ1v) is 4.41. The first-order chi connectivity index (χ1) is 6.77. The highest BCUT2D eigenvalue weighted by Gasteiger charge is 2.02.